The van der Waals surface area contributed by atoms with E-state index in [0.717, 1.165) is 0 Å². The molecule has 2 amide bonds. The summed E-state index contributed by atoms with van der Waals surface area (Å²) in [6.07, 6.45) is 0. The minimum Gasteiger partial charge on any atom is -0.489 e. The van der Waals surface area contributed by atoms with Crippen LogP contribution in [0.4, 0.5) is 4.39 Å². The number of aliphatic hydroxyl groups is 1. The van der Waals surface area contributed by atoms with Crippen LogP contribution in [-0.4, -0.2) is 44.2 Å². The minimum absolute atomic E-state index is 0.0136. The predicted octanol–water partition coefficient (Wildman–Crippen LogP) is 1.85. The second-order valence-corrected chi connectivity index (χ2v) is 10.3. The van der Waals surface area contributed by atoms with Gasteiger partial charge in [0.2, 0.25) is 5.91 Å². The number of amides is 2. The van der Waals surface area contributed by atoms with E-state index in [1.807, 2.05) is 0 Å². The Morgan fingerprint density at radius 3 is 2.49 bits per heavy atom. The lowest BCUT2D eigenvalue weighted by molar-refractivity contribution is -0.123. The molecule has 2 aromatic heterocycles. The van der Waals surface area contributed by atoms with Crippen molar-refractivity contribution in [3.8, 4) is 17.0 Å². The van der Waals surface area contributed by atoms with E-state index in [-0.39, 0.29) is 24.5 Å². The van der Waals surface area contributed by atoms with Crippen molar-refractivity contribution < 1.29 is 23.8 Å². The zero-order valence-corrected chi connectivity index (χ0v) is 21.9. The van der Waals surface area contributed by atoms with Crippen LogP contribution in [0.1, 0.15) is 35.5 Å². The average Bonchev–Trinajstić information content (AvgIpc) is 3.37. The van der Waals surface area contributed by atoms with Gasteiger partial charge in [-0.15, -0.1) is 0 Å². The molecular formula is C28H28FN5O5. The Labute approximate surface area is 222 Å². The molecule has 3 heterocycles. The summed E-state index contributed by atoms with van der Waals surface area (Å²) in [6, 6.07) is 12.0. The Kier molecular flexibility index (Phi) is 6.06. The molecule has 1 aliphatic rings. The minimum atomic E-state index is -1.68. The number of rotatable bonds is 6. The van der Waals surface area contributed by atoms with Gasteiger partial charge in [-0.1, -0.05) is 0 Å². The van der Waals surface area contributed by atoms with Crippen molar-refractivity contribution in [1.82, 2.24) is 19.4 Å². The van der Waals surface area contributed by atoms with Gasteiger partial charge >= 0.3 is 5.69 Å². The molecule has 0 spiro atoms. The molecule has 0 saturated heterocycles. The topological polar surface area (TPSA) is 141 Å². The number of nitrogens with zero attached hydrogens (tertiary/aromatic N) is 3. The third-order valence-corrected chi connectivity index (χ3v) is 7.41. The molecule has 2 atom stereocenters. The molecule has 202 valence electrons. The predicted molar refractivity (Wildman–Crippen MR) is 142 cm³/mol. The number of ether oxygens (including phenoxy) is 1. The molecule has 10 nitrogen and oxygen atoms in total. The van der Waals surface area contributed by atoms with E-state index < -0.39 is 28.6 Å². The molecule has 4 aromatic rings. The number of aromatic nitrogens is 3. The lowest BCUT2D eigenvalue weighted by Gasteiger charge is -2.26. The molecule has 0 fully saturated rings. The van der Waals surface area contributed by atoms with E-state index >= 15 is 0 Å². The van der Waals surface area contributed by atoms with E-state index in [0.29, 0.717) is 39.2 Å². The van der Waals surface area contributed by atoms with Gasteiger partial charge in [0.05, 0.1) is 23.3 Å². The SMILES string of the molecule is Cn1c(=O)n(C)c2cc(C(=O)NC[C@](C)(O)c3cc4c(c(-c5ccc(F)cc5)n3)OC[C@]4(C)C(N)=O)ccc21. The molecule has 0 radical (unpaired) electrons. The lowest BCUT2D eigenvalue weighted by atomic mass is 9.82. The number of hydrogen-bond acceptors (Lipinski definition) is 6. The number of pyridine rings is 1. The third-order valence-electron chi connectivity index (χ3n) is 7.41. The van der Waals surface area contributed by atoms with Crippen molar-refractivity contribution in [1.29, 1.82) is 0 Å². The zero-order valence-electron chi connectivity index (χ0n) is 21.9. The summed E-state index contributed by atoms with van der Waals surface area (Å²) in [5.74, 6) is -1.17. The van der Waals surface area contributed by atoms with E-state index in [1.54, 1.807) is 45.3 Å². The van der Waals surface area contributed by atoms with Crippen LogP contribution in [0.25, 0.3) is 22.3 Å². The summed E-state index contributed by atoms with van der Waals surface area (Å²) in [7, 11) is 3.28. The summed E-state index contributed by atoms with van der Waals surface area (Å²) in [4.78, 5) is 42.2. The maximum absolute atomic E-state index is 13.6. The Bertz CT molecular complexity index is 1710. The highest BCUT2D eigenvalue weighted by Gasteiger charge is 2.45. The quantitative estimate of drug-likeness (QED) is 0.345. The number of aryl methyl sites for hydroxylation is 2. The maximum atomic E-state index is 13.6. The van der Waals surface area contributed by atoms with Crippen LogP contribution in [0.5, 0.6) is 5.75 Å². The molecule has 0 saturated carbocycles. The molecule has 0 aliphatic carbocycles. The maximum Gasteiger partial charge on any atom is 0.328 e. The van der Waals surface area contributed by atoms with E-state index in [9.17, 15) is 23.9 Å². The number of benzene rings is 2. The normalized spacial score (nSPS) is 17.9. The first kappa shape index (κ1) is 26.1. The van der Waals surface area contributed by atoms with E-state index in [4.69, 9.17) is 10.5 Å². The number of hydrogen-bond donors (Lipinski definition) is 3. The van der Waals surface area contributed by atoms with Gasteiger partial charge in [-0.3, -0.25) is 18.7 Å². The van der Waals surface area contributed by atoms with Gasteiger partial charge in [0.15, 0.2) is 0 Å². The van der Waals surface area contributed by atoms with Gasteiger partial charge in [0.25, 0.3) is 5.91 Å². The largest absolute Gasteiger partial charge is 0.489 e. The standard InChI is InChI=1S/C28H28FN5O5/c1-27(25(30)36)14-39-23-18(27)12-21(32-22(23)15-5-8-17(29)9-6-15)28(2,38)13-31-24(35)16-7-10-19-20(11-16)34(4)26(37)33(19)3/h5-12,38H,13-14H2,1-4H3,(H2,30,36)(H,31,35)/t27-,28-/m0/s1. The van der Waals surface area contributed by atoms with Crippen LogP contribution < -0.4 is 21.5 Å². The van der Waals surface area contributed by atoms with Crippen LogP contribution >= 0.6 is 0 Å². The number of halogens is 1. The zero-order chi connectivity index (χ0) is 28.3. The fourth-order valence-electron chi connectivity index (χ4n) is 4.76. The molecular weight excluding hydrogens is 505 g/mol. The Morgan fingerprint density at radius 2 is 1.82 bits per heavy atom. The van der Waals surface area contributed by atoms with Gasteiger partial charge in [-0.2, -0.15) is 0 Å². The van der Waals surface area contributed by atoms with Crippen molar-refractivity contribution >= 4 is 22.8 Å². The average molecular weight is 534 g/mol. The molecule has 4 N–H and O–H groups in total. The first-order chi connectivity index (χ1) is 18.3. The molecule has 5 rings (SSSR count). The van der Waals surface area contributed by atoms with Crippen LogP contribution in [0.15, 0.2) is 53.3 Å². The van der Waals surface area contributed by atoms with E-state index in [2.05, 4.69) is 10.3 Å². The Balaban J connectivity index is 1.49. The number of nitrogens with one attached hydrogen (secondary N) is 1. The summed E-state index contributed by atoms with van der Waals surface area (Å²) in [6.45, 7) is 2.89. The number of carbonyl (C=O) groups is 2. The highest BCUT2D eigenvalue weighted by atomic mass is 19.1. The molecule has 2 aromatic carbocycles. The highest BCUT2D eigenvalue weighted by molar-refractivity contribution is 5.97. The molecule has 39 heavy (non-hydrogen) atoms. The molecule has 1 aliphatic heterocycles. The van der Waals surface area contributed by atoms with Crippen LogP contribution in [-0.2, 0) is 29.9 Å². The van der Waals surface area contributed by atoms with Crippen molar-refractivity contribution in [3.63, 3.8) is 0 Å². The van der Waals surface area contributed by atoms with Gasteiger partial charge < -0.3 is 20.9 Å². The monoisotopic (exact) mass is 533 g/mol. The molecule has 0 bridgehead atoms. The first-order valence-corrected chi connectivity index (χ1v) is 12.2. The fourth-order valence-corrected chi connectivity index (χ4v) is 4.76. The lowest BCUT2D eigenvalue weighted by Crippen LogP contribution is -2.41. The summed E-state index contributed by atoms with van der Waals surface area (Å²) < 4.78 is 22.4. The molecule has 0 unspecified atom stereocenters. The number of fused-ring (bicyclic) bond motifs is 2. The second-order valence-electron chi connectivity index (χ2n) is 10.3. The van der Waals surface area contributed by atoms with Gasteiger partial charge in [0.1, 0.15) is 34.9 Å². The molecule has 11 heteroatoms. The van der Waals surface area contributed by atoms with E-state index in [1.165, 1.54) is 40.3 Å². The number of nitrogens with two attached hydrogens (primary N) is 1. The van der Waals surface area contributed by atoms with Gasteiger partial charge in [-0.05, 0) is 62.4 Å². The smallest absolute Gasteiger partial charge is 0.328 e. The van der Waals surface area contributed by atoms with Gasteiger partial charge in [0, 0.05) is 30.8 Å². The van der Waals surface area contributed by atoms with Gasteiger partial charge in [-0.25, -0.2) is 14.2 Å². The first-order valence-electron chi connectivity index (χ1n) is 12.2. The van der Waals surface area contributed by atoms with Crippen LogP contribution in [0.2, 0.25) is 0 Å². The Morgan fingerprint density at radius 1 is 1.15 bits per heavy atom. The second kappa shape index (κ2) is 9.05. The van der Waals surface area contributed by atoms with Crippen molar-refractivity contribution in [2.24, 2.45) is 19.8 Å². The number of carbonyl (C=O) groups excluding carboxylic acids is 2. The summed E-state index contributed by atoms with van der Waals surface area (Å²) in [5.41, 5.74) is 5.67. The Hall–Kier alpha value is -4.51. The summed E-state index contributed by atoms with van der Waals surface area (Å²) in [5, 5.41) is 14.2. The third kappa shape index (κ3) is 4.24. The highest BCUT2D eigenvalue weighted by Crippen LogP contribution is 2.45. The van der Waals surface area contributed by atoms with Crippen molar-refractivity contribution in [3.05, 3.63) is 81.7 Å². The fraction of sp³-hybridized carbons (Fsp3) is 0.286. The number of primary amides is 1. The number of imidazole rings is 1. The van der Waals surface area contributed by atoms with Crippen molar-refractivity contribution in [2.45, 2.75) is 24.9 Å². The van der Waals surface area contributed by atoms with Crippen LogP contribution in [0.3, 0.4) is 0 Å². The van der Waals surface area contributed by atoms with Crippen LogP contribution in [0, 0.1) is 5.82 Å². The van der Waals surface area contributed by atoms with Crippen molar-refractivity contribution in [2.75, 3.05) is 13.2 Å². The summed E-state index contributed by atoms with van der Waals surface area (Å²) >= 11 is 0.